The summed E-state index contributed by atoms with van der Waals surface area (Å²) in [5.41, 5.74) is 1.55. The third-order valence-corrected chi connectivity index (χ3v) is 9.82. The van der Waals surface area contributed by atoms with Crippen molar-refractivity contribution in [2.75, 3.05) is 33.3 Å². The first kappa shape index (κ1) is 39.7. The van der Waals surface area contributed by atoms with Crippen LogP contribution in [0.25, 0.3) is 0 Å². The number of nitrogens with one attached hydrogen (secondary N) is 3. The minimum Gasteiger partial charge on any atom is -0.493 e. The molecule has 3 atom stereocenters. The van der Waals surface area contributed by atoms with Gasteiger partial charge < -0.3 is 44.5 Å². The SMILES string of the molecule is COc1ccc2c3c1O[C@H]1C[C@@H](OC(=O)CCCC(=O)OCc4ccc(I)cc4)C=C[C@@]31CCN(C(=O)NCCNC(=O)CNC(=O)OC(C)(C)C)C2. The van der Waals surface area contributed by atoms with Gasteiger partial charge in [-0.3, -0.25) is 14.4 Å². The van der Waals surface area contributed by atoms with Crippen LogP contribution in [0.1, 0.15) is 69.6 Å². The molecule has 0 saturated heterocycles. The molecular formula is C38H47IN4O10. The number of benzene rings is 2. The highest BCUT2D eigenvalue weighted by atomic mass is 127. The monoisotopic (exact) mass is 846 g/mol. The Morgan fingerprint density at radius 2 is 1.72 bits per heavy atom. The lowest BCUT2D eigenvalue weighted by atomic mass is 9.69. The van der Waals surface area contributed by atoms with Crippen LogP contribution in [0.5, 0.6) is 11.5 Å². The molecule has 15 heteroatoms. The summed E-state index contributed by atoms with van der Waals surface area (Å²) >= 11 is 2.21. The Balaban J connectivity index is 1.11. The van der Waals surface area contributed by atoms with E-state index >= 15 is 0 Å². The highest BCUT2D eigenvalue weighted by Gasteiger charge is 2.53. The number of hydrogen-bond donors (Lipinski definition) is 3. The normalized spacial score (nSPS) is 19.8. The minimum atomic E-state index is -0.688. The first-order chi connectivity index (χ1) is 25.3. The first-order valence-corrected chi connectivity index (χ1v) is 18.8. The highest BCUT2D eigenvalue weighted by molar-refractivity contribution is 14.1. The number of esters is 2. The number of halogens is 1. The summed E-state index contributed by atoms with van der Waals surface area (Å²) < 4.78 is 29.5. The summed E-state index contributed by atoms with van der Waals surface area (Å²) in [5.74, 6) is 0.0235. The van der Waals surface area contributed by atoms with Crippen LogP contribution in [-0.2, 0) is 47.2 Å². The quantitative estimate of drug-likeness (QED) is 0.0849. The zero-order chi connectivity index (χ0) is 38.2. The molecule has 0 saturated carbocycles. The van der Waals surface area contributed by atoms with Crippen LogP contribution in [0, 0.1) is 3.57 Å². The van der Waals surface area contributed by atoms with E-state index in [0.29, 0.717) is 43.9 Å². The minimum absolute atomic E-state index is 0.0779. The van der Waals surface area contributed by atoms with E-state index in [9.17, 15) is 24.0 Å². The van der Waals surface area contributed by atoms with E-state index in [1.807, 2.05) is 48.6 Å². The highest BCUT2D eigenvalue weighted by Crippen LogP contribution is 2.56. The van der Waals surface area contributed by atoms with Crippen molar-refractivity contribution in [1.82, 2.24) is 20.9 Å². The summed E-state index contributed by atoms with van der Waals surface area (Å²) in [6, 6.07) is 11.2. The van der Waals surface area contributed by atoms with Gasteiger partial charge in [-0.25, -0.2) is 9.59 Å². The lowest BCUT2D eigenvalue weighted by Gasteiger charge is -2.36. The number of nitrogens with zero attached hydrogens (tertiary/aromatic N) is 1. The molecule has 0 bridgehead atoms. The van der Waals surface area contributed by atoms with Crippen molar-refractivity contribution >= 4 is 52.6 Å². The van der Waals surface area contributed by atoms with E-state index in [1.54, 1.807) is 32.8 Å². The van der Waals surface area contributed by atoms with Gasteiger partial charge in [-0.1, -0.05) is 24.3 Å². The first-order valence-electron chi connectivity index (χ1n) is 17.7. The fourth-order valence-electron chi connectivity index (χ4n) is 6.62. The van der Waals surface area contributed by atoms with Gasteiger partial charge in [0.1, 0.15) is 24.4 Å². The smallest absolute Gasteiger partial charge is 0.408 e. The number of amides is 4. The summed E-state index contributed by atoms with van der Waals surface area (Å²) in [6.45, 7) is 6.24. The van der Waals surface area contributed by atoms with Gasteiger partial charge >= 0.3 is 24.1 Å². The molecule has 286 valence electrons. The molecular weight excluding hydrogens is 799 g/mol. The number of urea groups is 1. The van der Waals surface area contributed by atoms with Gasteiger partial charge in [-0.05, 0) is 91.6 Å². The molecule has 3 N–H and O–H groups in total. The van der Waals surface area contributed by atoms with Crippen molar-refractivity contribution in [3.63, 3.8) is 0 Å². The predicted octanol–water partition coefficient (Wildman–Crippen LogP) is 4.64. The number of hydrogen-bond acceptors (Lipinski definition) is 10. The molecule has 4 amide bonds. The topological polar surface area (TPSA) is 171 Å². The number of alkyl carbamates (subject to hydrolysis) is 1. The van der Waals surface area contributed by atoms with Crippen LogP contribution in [0.4, 0.5) is 9.59 Å². The zero-order valence-corrected chi connectivity index (χ0v) is 32.6. The van der Waals surface area contributed by atoms with Gasteiger partial charge in [0.2, 0.25) is 5.91 Å². The summed E-state index contributed by atoms with van der Waals surface area (Å²) in [6.07, 6.45) is 3.83. The summed E-state index contributed by atoms with van der Waals surface area (Å²) in [5, 5.41) is 7.94. The standard InChI is InChI=1S/C38H47IN4O10/c1-37(2,3)53-36(48)42-21-30(44)40-17-18-41-35(47)43-19-16-38-15-14-27(20-29(38)52-34-28(49-4)13-10-25(22-43)33(34)38)51-32(46)7-5-6-31(45)50-23-24-8-11-26(39)12-9-24/h8-15,27,29H,5-7,16-23H2,1-4H3,(H,40,44)(H,41,47)(H,42,48)/t27-,29-,38-/m0/s1. The molecule has 0 aromatic heterocycles. The van der Waals surface area contributed by atoms with Crippen molar-refractivity contribution in [2.24, 2.45) is 0 Å². The molecule has 2 aromatic rings. The number of methoxy groups -OCH3 is 1. The van der Waals surface area contributed by atoms with Crippen LogP contribution in [0.15, 0.2) is 48.6 Å². The molecule has 2 aromatic carbocycles. The maximum absolute atomic E-state index is 13.3. The Morgan fingerprint density at radius 3 is 2.45 bits per heavy atom. The Kier molecular flexibility index (Phi) is 13.1. The second kappa shape index (κ2) is 17.5. The molecule has 53 heavy (non-hydrogen) atoms. The second-order valence-electron chi connectivity index (χ2n) is 14.2. The Morgan fingerprint density at radius 1 is 0.981 bits per heavy atom. The van der Waals surface area contributed by atoms with Crippen molar-refractivity contribution in [1.29, 1.82) is 0 Å². The fraction of sp³-hybridized carbons (Fsp3) is 0.500. The maximum Gasteiger partial charge on any atom is 0.408 e. The van der Waals surface area contributed by atoms with E-state index in [0.717, 1.165) is 20.3 Å². The van der Waals surface area contributed by atoms with Gasteiger partial charge in [0.25, 0.3) is 0 Å². The van der Waals surface area contributed by atoms with E-state index in [4.69, 9.17) is 23.7 Å². The van der Waals surface area contributed by atoms with Crippen LogP contribution in [0.2, 0.25) is 0 Å². The number of ether oxygens (including phenoxy) is 5. The fourth-order valence-corrected chi connectivity index (χ4v) is 6.98. The van der Waals surface area contributed by atoms with Crippen molar-refractivity contribution in [2.45, 2.75) is 89.3 Å². The average Bonchev–Trinajstić information content (AvgIpc) is 3.34. The van der Waals surface area contributed by atoms with E-state index < -0.39 is 35.1 Å². The van der Waals surface area contributed by atoms with Crippen LogP contribution in [0.3, 0.4) is 0 Å². The Hall–Kier alpha value is -4.54. The van der Waals surface area contributed by atoms with Gasteiger partial charge in [0.05, 0.1) is 19.1 Å². The molecule has 2 heterocycles. The van der Waals surface area contributed by atoms with Crippen molar-refractivity contribution < 1.29 is 47.7 Å². The molecule has 0 fully saturated rings. The van der Waals surface area contributed by atoms with Gasteiger partial charge in [0, 0.05) is 54.6 Å². The summed E-state index contributed by atoms with van der Waals surface area (Å²) in [7, 11) is 1.58. The Labute approximate surface area is 322 Å². The number of carbonyl (C=O) groups excluding carboxylic acids is 5. The zero-order valence-electron chi connectivity index (χ0n) is 30.5. The predicted molar refractivity (Wildman–Crippen MR) is 201 cm³/mol. The third kappa shape index (κ3) is 10.5. The molecule has 0 unspecified atom stereocenters. The van der Waals surface area contributed by atoms with Crippen LogP contribution < -0.4 is 25.4 Å². The maximum atomic E-state index is 13.3. The lowest BCUT2D eigenvalue weighted by Crippen LogP contribution is -2.46. The molecule has 1 spiro atoms. The molecule has 2 aliphatic heterocycles. The Bertz CT molecular complexity index is 1710. The van der Waals surface area contributed by atoms with E-state index in [2.05, 4.69) is 38.5 Å². The van der Waals surface area contributed by atoms with Gasteiger partial charge in [-0.2, -0.15) is 0 Å². The number of rotatable bonds is 13. The second-order valence-corrected chi connectivity index (χ2v) is 15.4. The lowest BCUT2D eigenvalue weighted by molar-refractivity contribution is -0.149. The molecule has 5 rings (SSSR count). The van der Waals surface area contributed by atoms with Crippen molar-refractivity contribution in [3.8, 4) is 11.5 Å². The van der Waals surface area contributed by atoms with Crippen LogP contribution in [-0.4, -0.2) is 86.0 Å². The third-order valence-electron chi connectivity index (χ3n) is 9.10. The van der Waals surface area contributed by atoms with Crippen LogP contribution >= 0.6 is 22.6 Å². The van der Waals surface area contributed by atoms with Crippen molar-refractivity contribution in [3.05, 3.63) is 68.8 Å². The molecule has 1 aliphatic carbocycles. The largest absolute Gasteiger partial charge is 0.493 e. The van der Waals surface area contributed by atoms with E-state index in [-0.39, 0.29) is 57.2 Å². The van der Waals surface area contributed by atoms with Gasteiger partial charge in [0.15, 0.2) is 11.5 Å². The van der Waals surface area contributed by atoms with E-state index in [1.165, 1.54) is 0 Å². The average molecular weight is 847 g/mol. The molecule has 3 aliphatic rings. The molecule has 14 nitrogen and oxygen atoms in total. The number of carbonyl (C=O) groups is 5. The summed E-state index contributed by atoms with van der Waals surface area (Å²) in [4.78, 5) is 64.0. The molecule has 0 radical (unpaired) electrons. The van der Waals surface area contributed by atoms with Gasteiger partial charge in [-0.15, -0.1) is 0 Å².